The topological polar surface area (TPSA) is 94.1 Å². The van der Waals surface area contributed by atoms with Gasteiger partial charge in [-0.25, -0.2) is 4.98 Å². The molecule has 0 bridgehead atoms. The van der Waals surface area contributed by atoms with E-state index >= 15 is 0 Å². The normalized spacial score (nSPS) is 16.1. The zero-order valence-electron chi connectivity index (χ0n) is 11.0. The predicted molar refractivity (Wildman–Crippen MR) is 77.6 cm³/mol. The van der Waals surface area contributed by atoms with Crippen LogP contribution < -0.4 is 11.1 Å². The van der Waals surface area contributed by atoms with Crippen molar-refractivity contribution in [3.63, 3.8) is 0 Å². The van der Waals surface area contributed by atoms with Gasteiger partial charge in [-0.3, -0.25) is 10.1 Å². The molecule has 1 fully saturated rings. The van der Waals surface area contributed by atoms with E-state index in [4.69, 9.17) is 5.73 Å². The van der Waals surface area contributed by atoms with Crippen molar-refractivity contribution in [3.05, 3.63) is 40.6 Å². The quantitative estimate of drug-likeness (QED) is 0.643. The highest BCUT2D eigenvalue weighted by Crippen LogP contribution is 2.36. The van der Waals surface area contributed by atoms with E-state index in [0.717, 1.165) is 11.1 Å². The van der Waals surface area contributed by atoms with E-state index in [0.29, 0.717) is 18.0 Å². The molecule has 0 amide bonds. The van der Waals surface area contributed by atoms with Crippen molar-refractivity contribution in [1.82, 2.24) is 4.98 Å². The van der Waals surface area contributed by atoms with Crippen molar-refractivity contribution in [1.29, 1.82) is 0 Å². The van der Waals surface area contributed by atoms with E-state index in [9.17, 15) is 10.1 Å². The molecule has 0 aliphatic heterocycles. The number of hydrogen-bond donors (Lipinski definition) is 2. The second-order valence-corrected chi connectivity index (χ2v) is 5.11. The van der Waals surface area contributed by atoms with E-state index in [1.807, 2.05) is 6.07 Å². The number of nitro groups is 1. The van der Waals surface area contributed by atoms with Gasteiger partial charge in [0.05, 0.1) is 4.92 Å². The van der Waals surface area contributed by atoms with Crippen LogP contribution in [0.2, 0.25) is 0 Å². The third-order valence-electron chi connectivity index (χ3n) is 3.73. The summed E-state index contributed by atoms with van der Waals surface area (Å²) < 4.78 is 0. The zero-order valence-corrected chi connectivity index (χ0v) is 11.0. The van der Waals surface area contributed by atoms with Crippen LogP contribution in [0.5, 0.6) is 0 Å². The number of anilines is 1. The van der Waals surface area contributed by atoms with Gasteiger partial charge in [0.25, 0.3) is 5.69 Å². The van der Waals surface area contributed by atoms with Gasteiger partial charge in [-0.2, -0.15) is 0 Å². The van der Waals surface area contributed by atoms with Gasteiger partial charge in [0.15, 0.2) is 0 Å². The molecule has 1 aromatic heterocycles. The SMILES string of the molecule is NCC(Nc1ccc([N+](=O)[O-])c2ncccc12)C1CC1. The smallest absolute Gasteiger partial charge is 0.295 e. The number of nitro benzene ring substituents is 1. The highest BCUT2D eigenvalue weighted by atomic mass is 16.6. The molecule has 1 atom stereocenters. The summed E-state index contributed by atoms with van der Waals surface area (Å²) in [7, 11) is 0. The Hall–Kier alpha value is -2.21. The Morgan fingerprint density at radius 1 is 1.45 bits per heavy atom. The van der Waals surface area contributed by atoms with Gasteiger partial charge in [0, 0.05) is 35.9 Å². The van der Waals surface area contributed by atoms with E-state index < -0.39 is 4.92 Å². The first-order valence-electron chi connectivity index (χ1n) is 6.69. The van der Waals surface area contributed by atoms with Gasteiger partial charge < -0.3 is 11.1 Å². The van der Waals surface area contributed by atoms with Crippen molar-refractivity contribution in [2.24, 2.45) is 11.7 Å². The lowest BCUT2D eigenvalue weighted by atomic mass is 10.1. The molecule has 3 N–H and O–H groups in total. The van der Waals surface area contributed by atoms with E-state index in [1.165, 1.54) is 18.9 Å². The van der Waals surface area contributed by atoms with Crippen molar-refractivity contribution >= 4 is 22.3 Å². The Labute approximate surface area is 116 Å². The first kappa shape index (κ1) is 12.8. The molecule has 1 aliphatic carbocycles. The van der Waals surface area contributed by atoms with Crippen LogP contribution in [-0.2, 0) is 0 Å². The van der Waals surface area contributed by atoms with Crippen LogP contribution in [0.15, 0.2) is 30.5 Å². The first-order valence-corrected chi connectivity index (χ1v) is 6.69. The number of nitrogens with zero attached hydrogens (tertiary/aromatic N) is 2. The average molecular weight is 272 g/mol. The summed E-state index contributed by atoms with van der Waals surface area (Å²) in [6, 6.07) is 7.09. The lowest BCUT2D eigenvalue weighted by Crippen LogP contribution is -2.30. The Balaban J connectivity index is 2.03. The number of aromatic nitrogens is 1. The number of hydrogen-bond acceptors (Lipinski definition) is 5. The molecule has 1 aliphatic rings. The molecule has 6 nitrogen and oxygen atoms in total. The van der Waals surface area contributed by atoms with Gasteiger partial charge in [-0.15, -0.1) is 0 Å². The molecule has 2 aromatic rings. The van der Waals surface area contributed by atoms with Crippen molar-refractivity contribution in [3.8, 4) is 0 Å². The monoisotopic (exact) mass is 272 g/mol. The summed E-state index contributed by atoms with van der Waals surface area (Å²) in [6.07, 6.45) is 3.95. The van der Waals surface area contributed by atoms with Gasteiger partial charge in [-0.1, -0.05) is 0 Å². The van der Waals surface area contributed by atoms with E-state index in [2.05, 4.69) is 10.3 Å². The molecule has 6 heteroatoms. The zero-order chi connectivity index (χ0) is 14.1. The summed E-state index contributed by atoms with van der Waals surface area (Å²) >= 11 is 0. The summed E-state index contributed by atoms with van der Waals surface area (Å²) in [5, 5.41) is 15.2. The van der Waals surface area contributed by atoms with Gasteiger partial charge in [0.2, 0.25) is 0 Å². The highest BCUT2D eigenvalue weighted by Gasteiger charge is 2.30. The number of non-ortho nitro benzene ring substituents is 1. The molecule has 0 spiro atoms. The molecule has 104 valence electrons. The largest absolute Gasteiger partial charge is 0.380 e. The molecule has 20 heavy (non-hydrogen) atoms. The maximum Gasteiger partial charge on any atom is 0.295 e. The van der Waals surface area contributed by atoms with Crippen molar-refractivity contribution < 1.29 is 4.92 Å². The van der Waals surface area contributed by atoms with Crippen molar-refractivity contribution in [2.45, 2.75) is 18.9 Å². The Morgan fingerprint density at radius 3 is 2.90 bits per heavy atom. The van der Waals surface area contributed by atoms with Crippen LogP contribution in [0, 0.1) is 16.0 Å². The maximum atomic E-state index is 11.0. The number of pyridine rings is 1. The van der Waals surface area contributed by atoms with Crippen LogP contribution in [-0.4, -0.2) is 22.5 Å². The summed E-state index contributed by atoms with van der Waals surface area (Å²) in [5.41, 5.74) is 7.10. The Kier molecular flexibility index (Phi) is 3.23. The number of benzene rings is 1. The average Bonchev–Trinajstić information content (AvgIpc) is 3.28. The molecule has 1 aromatic carbocycles. The molecule has 3 rings (SSSR count). The highest BCUT2D eigenvalue weighted by molar-refractivity contribution is 5.97. The van der Waals surface area contributed by atoms with Crippen LogP contribution >= 0.6 is 0 Å². The fourth-order valence-electron chi connectivity index (χ4n) is 2.50. The Bertz CT molecular complexity index is 655. The second-order valence-electron chi connectivity index (χ2n) is 5.11. The number of fused-ring (bicyclic) bond motifs is 1. The summed E-state index contributed by atoms with van der Waals surface area (Å²) in [6.45, 7) is 0.559. The van der Waals surface area contributed by atoms with Crippen LogP contribution in [0.4, 0.5) is 11.4 Å². The van der Waals surface area contributed by atoms with E-state index in [-0.39, 0.29) is 11.7 Å². The van der Waals surface area contributed by atoms with E-state index in [1.54, 1.807) is 18.3 Å². The molecular formula is C14H16N4O2. The number of rotatable bonds is 5. The van der Waals surface area contributed by atoms with Gasteiger partial charge in [0.1, 0.15) is 5.52 Å². The lowest BCUT2D eigenvalue weighted by molar-refractivity contribution is -0.383. The summed E-state index contributed by atoms with van der Waals surface area (Å²) in [5.74, 6) is 0.613. The van der Waals surface area contributed by atoms with Gasteiger partial charge in [-0.05, 0) is 37.0 Å². The summed E-state index contributed by atoms with van der Waals surface area (Å²) in [4.78, 5) is 14.8. The molecule has 0 radical (unpaired) electrons. The fraction of sp³-hybridized carbons (Fsp3) is 0.357. The minimum atomic E-state index is -0.402. The van der Waals surface area contributed by atoms with Crippen LogP contribution in [0.1, 0.15) is 12.8 Å². The Morgan fingerprint density at radius 2 is 2.25 bits per heavy atom. The second kappa shape index (κ2) is 5.05. The van der Waals surface area contributed by atoms with Crippen molar-refractivity contribution in [2.75, 3.05) is 11.9 Å². The number of nitrogens with one attached hydrogen (secondary N) is 1. The third-order valence-corrected chi connectivity index (χ3v) is 3.73. The molecule has 1 unspecified atom stereocenters. The number of nitrogens with two attached hydrogens (primary N) is 1. The minimum Gasteiger partial charge on any atom is -0.380 e. The fourth-order valence-corrected chi connectivity index (χ4v) is 2.50. The third kappa shape index (κ3) is 2.30. The van der Waals surface area contributed by atoms with Crippen LogP contribution in [0.25, 0.3) is 10.9 Å². The molecular weight excluding hydrogens is 256 g/mol. The molecule has 1 heterocycles. The minimum absolute atomic E-state index is 0.0295. The van der Waals surface area contributed by atoms with Gasteiger partial charge >= 0.3 is 0 Å². The molecule has 0 saturated heterocycles. The first-order chi connectivity index (χ1) is 9.70. The molecule has 1 saturated carbocycles. The standard InChI is InChI=1S/C14H16N4O2/c15-8-12(9-3-4-9)17-11-5-6-13(18(19)20)14-10(11)2-1-7-16-14/h1-2,5-7,9,12,17H,3-4,8,15H2. The van der Waals surface area contributed by atoms with Crippen LogP contribution in [0.3, 0.4) is 0 Å². The maximum absolute atomic E-state index is 11.0. The lowest BCUT2D eigenvalue weighted by Gasteiger charge is -2.18. The predicted octanol–water partition coefficient (Wildman–Crippen LogP) is 2.29.